The smallest absolute Gasteiger partial charge is 0.389 e. The molecule has 3 heterocycles. The number of alkyl halides is 3. The molecule has 4 rings (SSSR count). The first-order valence-corrected chi connectivity index (χ1v) is 13.7. The summed E-state index contributed by atoms with van der Waals surface area (Å²) in [5.74, 6) is -0.458. The fraction of sp³-hybridized carbons (Fsp3) is 0.333. The molecule has 0 spiro atoms. The molecule has 2 N–H and O–H groups in total. The Kier molecular flexibility index (Phi) is 7.45. The SMILES string of the molecule is O=C(Cc1ccc(S(=O)(=O)C(F)(F)F)cc1)Nc1nc(-c2sc(CO)nc2CN2CCCC2=O)cs1. The van der Waals surface area contributed by atoms with Crippen molar-refractivity contribution in [1.29, 1.82) is 0 Å². The number of carbonyl (C=O) groups excluding carboxylic acids is 2. The van der Waals surface area contributed by atoms with Crippen LogP contribution >= 0.6 is 22.7 Å². The number of thiazole rings is 2. The number of sulfone groups is 1. The van der Waals surface area contributed by atoms with Gasteiger partial charge in [0.05, 0.1) is 40.7 Å². The number of benzene rings is 1. The van der Waals surface area contributed by atoms with Crippen LogP contribution in [0.1, 0.15) is 29.1 Å². The zero-order chi connectivity index (χ0) is 26.1. The van der Waals surface area contributed by atoms with Crippen molar-refractivity contribution in [2.45, 2.75) is 42.8 Å². The number of aliphatic hydroxyl groups is 1. The van der Waals surface area contributed by atoms with Gasteiger partial charge in [0.25, 0.3) is 9.84 Å². The molecule has 0 bridgehead atoms. The molecule has 0 aliphatic carbocycles. The second-order valence-electron chi connectivity index (χ2n) is 7.82. The molecular formula is C21H19F3N4O5S3. The summed E-state index contributed by atoms with van der Waals surface area (Å²) in [6, 6.07) is 3.90. The van der Waals surface area contributed by atoms with Gasteiger partial charge < -0.3 is 15.3 Å². The van der Waals surface area contributed by atoms with Crippen LogP contribution in [0.2, 0.25) is 0 Å². The minimum absolute atomic E-state index is 0.0368. The maximum absolute atomic E-state index is 12.7. The number of aliphatic hydroxyl groups excluding tert-OH is 1. The van der Waals surface area contributed by atoms with E-state index in [1.54, 1.807) is 10.3 Å². The van der Waals surface area contributed by atoms with Crippen LogP contribution in [0, 0.1) is 0 Å². The third kappa shape index (κ3) is 5.58. The fourth-order valence-corrected chi connectivity index (χ4v) is 5.98. The van der Waals surface area contributed by atoms with Gasteiger partial charge in [-0.05, 0) is 24.1 Å². The Labute approximate surface area is 211 Å². The molecule has 1 aliphatic heterocycles. The second-order valence-corrected chi connectivity index (χ2v) is 11.7. The first kappa shape index (κ1) is 26.2. The zero-order valence-electron chi connectivity index (χ0n) is 18.4. The van der Waals surface area contributed by atoms with E-state index in [1.165, 1.54) is 11.3 Å². The third-order valence-electron chi connectivity index (χ3n) is 5.28. The molecule has 9 nitrogen and oxygen atoms in total. The molecule has 15 heteroatoms. The van der Waals surface area contributed by atoms with E-state index in [0.29, 0.717) is 46.3 Å². The van der Waals surface area contributed by atoms with Gasteiger partial charge in [0.15, 0.2) is 5.13 Å². The van der Waals surface area contributed by atoms with Gasteiger partial charge in [0.1, 0.15) is 5.01 Å². The highest BCUT2D eigenvalue weighted by Crippen LogP contribution is 2.34. The number of amides is 2. The van der Waals surface area contributed by atoms with Crippen molar-refractivity contribution < 1.29 is 36.3 Å². The van der Waals surface area contributed by atoms with Crippen molar-refractivity contribution in [2.75, 3.05) is 11.9 Å². The summed E-state index contributed by atoms with van der Waals surface area (Å²) < 4.78 is 60.9. The van der Waals surface area contributed by atoms with Crippen molar-refractivity contribution in [3.63, 3.8) is 0 Å². The van der Waals surface area contributed by atoms with E-state index in [4.69, 9.17) is 0 Å². The van der Waals surface area contributed by atoms with E-state index in [2.05, 4.69) is 15.3 Å². The highest BCUT2D eigenvalue weighted by molar-refractivity contribution is 7.92. The summed E-state index contributed by atoms with van der Waals surface area (Å²) in [6.45, 7) is 0.665. The molecule has 36 heavy (non-hydrogen) atoms. The summed E-state index contributed by atoms with van der Waals surface area (Å²) in [5.41, 5.74) is -3.96. The molecule has 3 aromatic rings. The summed E-state index contributed by atoms with van der Waals surface area (Å²) >= 11 is 2.39. The van der Waals surface area contributed by atoms with E-state index >= 15 is 0 Å². The maximum atomic E-state index is 12.7. The highest BCUT2D eigenvalue weighted by Gasteiger charge is 2.46. The molecule has 0 unspecified atom stereocenters. The maximum Gasteiger partial charge on any atom is 0.501 e. The molecule has 1 fully saturated rings. The fourth-order valence-electron chi connectivity index (χ4n) is 3.53. The largest absolute Gasteiger partial charge is 0.501 e. The van der Waals surface area contributed by atoms with Crippen LogP contribution in [0.15, 0.2) is 34.5 Å². The monoisotopic (exact) mass is 560 g/mol. The number of aromatic nitrogens is 2. The molecule has 2 aromatic heterocycles. The van der Waals surface area contributed by atoms with Gasteiger partial charge in [-0.25, -0.2) is 18.4 Å². The average Bonchev–Trinajstić information content (AvgIpc) is 3.54. The lowest BCUT2D eigenvalue weighted by Gasteiger charge is -2.14. The number of halogens is 3. The lowest BCUT2D eigenvalue weighted by atomic mass is 10.1. The number of likely N-dealkylation sites (tertiary alicyclic amines) is 1. The highest BCUT2D eigenvalue weighted by atomic mass is 32.2. The van der Waals surface area contributed by atoms with Crippen LogP contribution in [0.4, 0.5) is 18.3 Å². The molecule has 0 radical (unpaired) electrons. The number of carbonyl (C=O) groups is 2. The molecule has 1 aliphatic rings. The van der Waals surface area contributed by atoms with Crippen LogP contribution < -0.4 is 5.32 Å². The van der Waals surface area contributed by atoms with Crippen molar-refractivity contribution in [2.24, 2.45) is 0 Å². The minimum Gasteiger partial charge on any atom is -0.389 e. The molecule has 192 valence electrons. The van der Waals surface area contributed by atoms with Crippen LogP contribution in [0.3, 0.4) is 0 Å². The number of rotatable bonds is 8. The van der Waals surface area contributed by atoms with E-state index in [9.17, 15) is 36.3 Å². The third-order valence-corrected chi connectivity index (χ3v) is 8.64. The molecule has 0 atom stereocenters. The van der Waals surface area contributed by atoms with Crippen molar-refractivity contribution in [3.8, 4) is 10.6 Å². The number of nitrogens with zero attached hydrogens (tertiary/aromatic N) is 3. The van der Waals surface area contributed by atoms with Gasteiger partial charge in [0.2, 0.25) is 11.8 Å². The average molecular weight is 561 g/mol. The second kappa shape index (κ2) is 10.2. The van der Waals surface area contributed by atoms with E-state index < -0.39 is 26.1 Å². The van der Waals surface area contributed by atoms with E-state index in [-0.39, 0.29) is 24.1 Å². The molecular weight excluding hydrogens is 541 g/mol. The van der Waals surface area contributed by atoms with Gasteiger partial charge in [0, 0.05) is 18.3 Å². The zero-order valence-corrected chi connectivity index (χ0v) is 20.9. The molecule has 1 aromatic carbocycles. The van der Waals surface area contributed by atoms with Crippen molar-refractivity contribution >= 4 is 49.5 Å². The van der Waals surface area contributed by atoms with E-state index in [0.717, 1.165) is 42.0 Å². The van der Waals surface area contributed by atoms with Gasteiger partial charge in [-0.15, -0.1) is 22.7 Å². The first-order valence-electron chi connectivity index (χ1n) is 10.5. The van der Waals surface area contributed by atoms with Gasteiger partial charge in [-0.3, -0.25) is 9.59 Å². The topological polar surface area (TPSA) is 130 Å². The Morgan fingerprint density at radius 3 is 2.53 bits per heavy atom. The minimum atomic E-state index is -5.46. The normalized spacial score (nSPS) is 14.4. The van der Waals surface area contributed by atoms with Crippen LogP contribution in [0.5, 0.6) is 0 Å². The number of hydrogen-bond donors (Lipinski definition) is 2. The standard InChI is InChI=1S/C21H19F3N4O5S3/c22-21(23,24)36(32,33)13-5-3-12(4-6-13)8-16(30)27-20-26-15(11-34-20)19-14(25-17(10-29)35-19)9-28-7-1-2-18(28)31/h3-6,11,29H,1-2,7-10H2,(H,26,27,30). The lowest BCUT2D eigenvalue weighted by molar-refractivity contribution is -0.128. The predicted molar refractivity (Wildman–Crippen MR) is 126 cm³/mol. The number of nitrogens with one attached hydrogen (secondary N) is 1. The van der Waals surface area contributed by atoms with Crippen LogP contribution in [0.25, 0.3) is 10.6 Å². The Balaban J connectivity index is 1.43. The van der Waals surface area contributed by atoms with Gasteiger partial charge in [-0.2, -0.15) is 13.2 Å². The number of anilines is 1. The first-order chi connectivity index (χ1) is 17.0. The van der Waals surface area contributed by atoms with Gasteiger partial charge >= 0.3 is 5.51 Å². The van der Waals surface area contributed by atoms with E-state index in [1.807, 2.05) is 0 Å². The quantitative estimate of drug-likeness (QED) is 0.432. The van der Waals surface area contributed by atoms with Crippen LogP contribution in [-0.4, -0.2) is 52.3 Å². The summed E-state index contributed by atoms with van der Waals surface area (Å²) in [5, 5.41) is 14.6. The lowest BCUT2D eigenvalue weighted by Crippen LogP contribution is -2.24. The van der Waals surface area contributed by atoms with Gasteiger partial charge in [-0.1, -0.05) is 12.1 Å². The Hall–Kier alpha value is -2.88. The predicted octanol–water partition coefficient (Wildman–Crippen LogP) is 3.36. The molecule has 1 saturated heterocycles. The Morgan fingerprint density at radius 1 is 1.19 bits per heavy atom. The summed E-state index contributed by atoms with van der Waals surface area (Å²) in [4.78, 5) is 34.7. The Bertz CT molecular complexity index is 1380. The van der Waals surface area contributed by atoms with Crippen LogP contribution in [-0.2, 0) is 39.0 Å². The van der Waals surface area contributed by atoms with Crippen molar-refractivity contribution in [1.82, 2.24) is 14.9 Å². The molecule has 2 amide bonds. The van der Waals surface area contributed by atoms with Crippen molar-refractivity contribution in [3.05, 3.63) is 45.9 Å². The summed E-state index contributed by atoms with van der Waals surface area (Å²) in [7, 11) is -5.46. The number of hydrogen-bond acceptors (Lipinski definition) is 9. The Morgan fingerprint density at radius 2 is 1.92 bits per heavy atom. The summed E-state index contributed by atoms with van der Waals surface area (Å²) in [6.07, 6.45) is 1.05. The molecule has 0 saturated carbocycles.